The number of rotatable bonds is 5. The van der Waals surface area contributed by atoms with E-state index in [9.17, 15) is 4.79 Å². The van der Waals surface area contributed by atoms with E-state index in [1.165, 1.54) is 0 Å². The topological polar surface area (TPSA) is 65.8 Å². The summed E-state index contributed by atoms with van der Waals surface area (Å²) in [5.74, 6) is -1.03. The minimum atomic E-state index is -0.764. The molecule has 2 rings (SSSR count). The molecule has 4 nitrogen and oxygen atoms in total. The summed E-state index contributed by atoms with van der Waals surface area (Å²) in [5.41, 5.74) is 1.63. The molecule has 0 saturated carbocycles. The summed E-state index contributed by atoms with van der Waals surface area (Å²) in [6.07, 6.45) is 2.37. The molecule has 0 saturated heterocycles. The van der Waals surface area contributed by atoms with Gasteiger partial charge in [-0.25, -0.2) is 0 Å². The number of hydrogen-bond donors (Lipinski definition) is 1. The first-order valence-corrected chi connectivity index (χ1v) is 6.43. The fourth-order valence-corrected chi connectivity index (χ4v) is 1.89. The molecular formula is C16H15N3O. The van der Waals surface area contributed by atoms with Gasteiger partial charge in [-0.05, 0) is 17.7 Å². The molecule has 20 heavy (non-hydrogen) atoms. The van der Waals surface area contributed by atoms with Gasteiger partial charge in [0.1, 0.15) is 5.92 Å². The highest BCUT2D eigenvalue weighted by Crippen LogP contribution is 2.14. The highest BCUT2D eigenvalue weighted by molar-refractivity contribution is 5.86. The van der Waals surface area contributed by atoms with Gasteiger partial charge < -0.3 is 5.32 Å². The molecule has 1 amide bonds. The second-order valence-corrected chi connectivity index (χ2v) is 4.33. The van der Waals surface area contributed by atoms with Crippen molar-refractivity contribution < 1.29 is 4.79 Å². The van der Waals surface area contributed by atoms with Gasteiger partial charge in [0.2, 0.25) is 5.91 Å². The van der Waals surface area contributed by atoms with Crippen molar-refractivity contribution >= 4 is 5.91 Å². The average Bonchev–Trinajstić information content (AvgIpc) is 2.50. The van der Waals surface area contributed by atoms with Crippen LogP contribution in [0.4, 0.5) is 0 Å². The molecule has 0 radical (unpaired) electrons. The van der Waals surface area contributed by atoms with Crippen molar-refractivity contribution in [2.24, 2.45) is 0 Å². The molecule has 1 unspecified atom stereocenters. The molecule has 0 spiro atoms. The van der Waals surface area contributed by atoms with Crippen LogP contribution in [0.1, 0.15) is 17.2 Å². The average molecular weight is 265 g/mol. The summed E-state index contributed by atoms with van der Waals surface area (Å²) < 4.78 is 0. The van der Waals surface area contributed by atoms with Crippen LogP contribution in [0.25, 0.3) is 0 Å². The lowest BCUT2D eigenvalue weighted by atomic mass is 10.00. The minimum absolute atomic E-state index is 0.269. The first-order chi connectivity index (χ1) is 9.81. The van der Waals surface area contributed by atoms with Crippen molar-refractivity contribution in [1.29, 1.82) is 5.26 Å². The molecule has 1 N–H and O–H groups in total. The van der Waals surface area contributed by atoms with E-state index in [0.717, 1.165) is 5.69 Å². The van der Waals surface area contributed by atoms with E-state index in [2.05, 4.69) is 10.3 Å². The van der Waals surface area contributed by atoms with Gasteiger partial charge in [0.05, 0.1) is 6.07 Å². The summed E-state index contributed by atoms with van der Waals surface area (Å²) >= 11 is 0. The summed E-state index contributed by atoms with van der Waals surface area (Å²) in [7, 11) is 0. The van der Waals surface area contributed by atoms with E-state index in [1.807, 2.05) is 42.5 Å². The Morgan fingerprint density at radius 1 is 1.20 bits per heavy atom. The maximum Gasteiger partial charge on any atom is 0.241 e. The molecule has 1 aromatic heterocycles. The van der Waals surface area contributed by atoms with Gasteiger partial charge in [-0.3, -0.25) is 9.78 Å². The lowest BCUT2D eigenvalue weighted by Crippen LogP contribution is -2.30. The molecule has 100 valence electrons. The maximum absolute atomic E-state index is 12.0. The number of nitrogens with one attached hydrogen (secondary N) is 1. The fourth-order valence-electron chi connectivity index (χ4n) is 1.89. The van der Waals surface area contributed by atoms with E-state index in [0.29, 0.717) is 18.5 Å². The SMILES string of the molecule is N#CC(C(=O)NCCc1ccccn1)c1ccccc1. The number of benzene rings is 1. The normalized spacial score (nSPS) is 11.3. The standard InChI is InChI=1S/C16H15N3O/c17-12-15(13-6-2-1-3-7-13)16(20)19-11-9-14-8-4-5-10-18-14/h1-8,10,15H,9,11H2,(H,19,20). The highest BCUT2D eigenvalue weighted by atomic mass is 16.1. The predicted octanol–water partition coefficient (Wildman–Crippen LogP) is 2.05. The largest absolute Gasteiger partial charge is 0.354 e. The third-order valence-electron chi connectivity index (χ3n) is 2.93. The molecule has 1 atom stereocenters. The number of aromatic nitrogens is 1. The van der Waals surface area contributed by atoms with Crippen molar-refractivity contribution in [3.63, 3.8) is 0 Å². The Balaban J connectivity index is 1.89. The molecular weight excluding hydrogens is 250 g/mol. The molecule has 4 heteroatoms. The van der Waals surface area contributed by atoms with Gasteiger partial charge in [-0.1, -0.05) is 36.4 Å². The lowest BCUT2D eigenvalue weighted by Gasteiger charge is -2.10. The van der Waals surface area contributed by atoms with Crippen LogP contribution in [-0.2, 0) is 11.2 Å². The first-order valence-electron chi connectivity index (χ1n) is 6.43. The Morgan fingerprint density at radius 3 is 2.60 bits per heavy atom. The Morgan fingerprint density at radius 2 is 1.95 bits per heavy atom. The molecule has 1 heterocycles. The quantitative estimate of drug-likeness (QED) is 0.899. The number of carbonyl (C=O) groups is 1. The molecule has 1 aromatic carbocycles. The van der Waals surface area contributed by atoms with Crippen LogP contribution >= 0.6 is 0 Å². The van der Waals surface area contributed by atoms with E-state index < -0.39 is 5.92 Å². The van der Waals surface area contributed by atoms with Crippen molar-refractivity contribution in [3.8, 4) is 6.07 Å². The van der Waals surface area contributed by atoms with Crippen molar-refractivity contribution in [2.75, 3.05) is 6.54 Å². The van der Waals surface area contributed by atoms with Gasteiger partial charge in [-0.15, -0.1) is 0 Å². The zero-order valence-corrected chi connectivity index (χ0v) is 11.0. The summed E-state index contributed by atoms with van der Waals surface area (Å²) in [5, 5.41) is 11.9. The van der Waals surface area contributed by atoms with Crippen LogP contribution in [0.15, 0.2) is 54.7 Å². The second kappa shape index (κ2) is 7.05. The van der Waals surface area contributed by atoms with Crippen molar-refractivity contribution in [1.82, 2.24) is 10.3 Å². The lowest BCUT2D eigenvalue weighted by molar-refractivity contribution is -0.121. The second-order valence-electron chi connectivity index (χ2n) is 4.33. The van der Waals surface area contributed by atoms with E-state index >= 15 is 0 Å². The minimum Gasteiger partial charge on any atom is -0.354 e. The number of carbonyl (C=O) groups excluding carboxylic acids is 1. The van der Waals surface area contributed by atoms with E-state index in [-0.39, 0.29) is 5.91 Å². The van der Waals surface area contributed by atoms with Crippen LogP contribution in [0.3, 0.4) is 0 Å². The number of hydrogen-bond acceptors (Lipinski definition) is 3. The molecule has 2 aromatic rings. The van der Waals surface area contributed by atoms with Gasteiger partial charge in [-0.2, -0.15) is 5.26 Å². The van der Waals surface area contributed by atoms with Crippen molar-refractivity contribution in [3.05, 3.63) is 66.0 Å². The van der Waals surface area contributed by atoms with Crippen LogP contribution in [0.5, 0.6) is 0 Å². The zero-order valence-electron chi connectivity index (χ0n) is 11.0. The number of nitriles is 1. The van der Waals surface area contributed by atoms with E-state index in [4.69, 9.17) is 5.26 Å². The summed E-state index contributed by atoms with van der Waals surface area (Å²) in [4.78, 5) is 16.2. The Bertz CT molecular complexity index is 590. The monoisotopic (exact) mass is 265 g/mol. The van der Waals surface area contributed by atoms with Gasteiger partial charge in [0.15, 0.2) is 0 Å². The van der Waals surface area contributed by atoms with Crippen LogP contribution in [0.2, 0.25) is 0 Å². The first kappa shape index (κ1) is 13.8. The van der Waals surface area contributed by atoms with Crippen LogP contribution < -0.4 is 5.32 Å². The summed E-state index contributed by atoms with van der Waals surface area (Å²) in [6, 6.07) is 16.8. The Kier molecular flexibility index (Phi) is 4.85. The van der Waals surface area contributed by atoms with Crippen LogP contribution in [0, 0.1) is 11.3 Å². The molecule has 0 aliphatic heterocycles. The molecule has 0 aliphatic carbocycles. The Hall–Kier alpha value is -2.67. The smallest absolute Gasteiger partial charge is 0.241 e. The zero-order chi connectivity index (χ0) is 14.2. The predicted molar refractivity (Wildman–Crippen MR) is 75.7 cm³/mol. The maximum atomic E-state index is 12.0. The molecule has 0 bridgehead atoms. The number of pyridine rings is 1. The third-order valence-corrected chi connectivity index (χ3v) is 2.93. The fraction of sp³-hybridized carbons (Fsp3) is 0.188. The Labute approximate surface area is 118 Å². The van der Waals surface area contributed by atoms with E-state index in [1.54, 1.807) is 18.3 Å². The highest BCUT2D eigenvalue weighted by Gasteiger charge is 2.19. The third kappa shape index (κ3) is 3.66. The number of nitrogens with zero attached hydrogens (tertiary/aromatic N) is 2. The molecule has 0 aliphatic rings. The molecule has 0 fully saturated rings. The van der Waals surface area contributed by atoms with Crippen molar-refractivity contribution in [2.45, 2.75) is 12.3 Å². The van der Waals surface area contributed by atoms with Crippen LogP contribution in [-0.4, -0.2) is 17.4 Å². The van der Waals surface area contributed by atoms with Gasteiger partial charge in [0.25, 0.3) is 0 Å². The summed E-state index contributed by atoms with van der Waals surface area (Å²) in [6.45, 7) is 0.473. The number of amides is 1. The van der Waals surface area contributed by atoms with Gasteiger partial charge >= 0.3 is 0 Å². The van der Waals surface area contributed by atoms with Gasteiger partial charge in [0, 0.05) is 24.9 Å².